The Labute approximate surface area is 254 Å². The first kappa shape index (κ1) is 28.9. The quantitative estimate of drug-likeness (QED) is 0.288. The molecule has 1 saturated heterocycles. The van der Waals surface area contributed by atoms with Crippen LogP contribution in [0.2, 0.25) is 5.02 Å². The standard InChI is InChI=1S/C32H30ClFN4O4S/c33-27-5-2-1-4-22(27)14-15-35-32(40)23-8-13-30(28(17-23)36-43(41,42)26-11-9-25(34)10-12-26)37-18-21-16-24(20-37)29-6-3-7-31(39)38(29)19-21/h1-13,17,21,24,36H,14-16,18-20H2,(H,35,40)/t21-,24+/m1/s1. The molecule has 6 rings (SSSR count). The van der Waals surface area contributed by atoms with Gasteiger partial charge >= 0.3 is 0 Å². The van der Waals surface area contributed by atoms with Gasteiger partial charge in [-0.2, -0.15) is 0 Å². The SMILES string of the molecule is O=C(NCCc1ccccc1Cl)c1ccc(N2C[C@H]3C[C@@H](C2)c2cccc(=O)n2C3)c(NS(=O)(=O)c2ccc(F)cc2)c1. The fourth-order valence-electron chi connectivity index (χ4n) is 6.06. The summed E-state index contributed by atoms with van der Waals surface area (Å²) in [6.45, 7) is 2.13. The molecule has 2 aliphatic heterocycles. The molecular formula is C32H30ClFN4O4S. The number of nitrogens with zero attached hydrogens (tertiary/aromatic N) is 2. The Balaban J connectivity index is 1.29. The molecule has 2 atom stereocenters. The largest absolute Gasteiger partial charge is 0.369 e. The molecule has 0 saturated carbocycles. The number of carbonyl (C=O) groups excluding carboxylic acids is 1. The monoisotopic (exact) mass is 620 g/mol. The number of amides is 1. The Kier molecular flexibility index (Phi) is 7.98. The number of sulfonamides is 1. The zero-order chi connectivity index (χ0) is 30.1. The maximum Gasteiger partial charge on any atom is 0.261 e. The third kappa shape index (κ3) is 6.16. The number of halogens is 2. The predicted octanol–water partition coefficient (Wildman–Crippen LogP) is 5.04. The summed E-state index contributed by atoms with van der Waals surface area (Å²) in [6, 6.07) is 22.3. The van der Waals surface area contributed by atoms with E-state index in [9.17, 15) is 22.4 Å². The molecule has 1 aromatic heterocycles. The van der Waals surface area contributed by atoms with E-state index in [1.54, 1.807) is 30.3 Å². The number of anilines is 2. The summed E-state index contributed by atoms with van der Waals surface area (Å²) in [7, 11) is -4.10. The Morgan fingerprint density at radius 2 is 1.74 bits per heavy atom. The van der Waals surface area contributed by atoms with Crippen molar-refractivity contribution in [1.29, 1.82) is 0 Å². The van der Waals surface area contributed by atoms with Gasteiger partial charge in [-0.25, -0.2) is 12.8 Å². The van der Waals surface area contributed by atoms with Crippen LogP contribution in [0.15, 0.2) is 94.6 Å². The van der Waals surface area contributed by atoms with Gasteiger partial charge in [-0.3, -0.25) is 14.3 Å². The Morgan fingerprint density at radius 3 is 2.53 bits per heavy atom. The minimum absolute atomic E-state index is 0.0155. The molecule has 3 aromatic carbocycles. The predicted molar refractivity (Wildman–Crippen MR) is 165 cm³/mol. The van der Waals surface area contributed by atoms with E-state index in [4.69, 9.17) is 11.6 Å². The lowest BCUT2D eigenvalue weighted by Crippen LogP contribution is -2.47. The topological polar surface area (TPSA) is 101 Å². The van der Waals surface area contributed by atoms with Crippen LogP contribution in [0.5, 0.6) is 0 Å². The van der Waals surface area contributed by atoms with Crippen molar-refractivity contribution in [3.8, 4) is 0 Å². The van der Waals surface area contributed by atoms with Gasteiger partial charge in [-0.1, -0.05) is 35.9 Å². The van der Waals surface area contributed by atoms with Gasteiger partial charge in [0.1, 0.15) is 5.82 Å². The fourth-order valence-corrected chi connectivity index (χ4v) is 7.35. The van der Waals surface area contributed by atoms with Crippen molar-refractivity contribution in [2.75, 3.05) is 29.3 Å². The van der Waals surface area contributed by atoms with Crippen LogP contribution in [0.4, 0.5) is 15.8 Å². The lowest BCUT2D eigenvalue weighted by molar-refractivity contribution is 0.0954. The first-order chi connectivity index (χ1) is 20.7. The summed E-state index contributed by atoms with van der Waals surface area (Å²) < 4.78 is 44.8. The normalized spacial score (nSPS) is 17.7. The Hall–Kier alpha value is -4.15. The lowest BCUT2D eigenvalue weighted by atomic mass is 9.83. The summed E-state index contributed by atoms with van der Waals surface area (Å²) in [5, 5.41) is 3.51. The summed E-state index contributed by atoms with van der Waals surface area (Å²) in [6.07, 6.45) is 1.47. The molecule has 1 fully saturated rings. The molecule has 0 spiro atoms. The van der Waals surface area contributed by atoms with Gasteiger partial charge in [0.05, 0.1) is 16.3 Å². The molecule has 4 aromatic rings. The molecule has 8 nitrogen and oxygen atoms in total. The molecule has 3 heterocycles. The molecule has 2 aliphatic rings. The van der Waals surface area contributed by atoms with Crippen LogP contribution in [-0.4, -0.2) is 38.5 Å². The summed E-state index contributed by atoms with van der Waals surface area (Å²) >= 11 is 6.24. The fraction of sp³-hybridized carbons (Fsp3) is 0.250. The van der Waals surface area contributed by atoms with E-state index in [-0.39, 0.29) is 39.4 Å². The van der Waals surface area contributed by atoms with E-state index in [2.05, 4.69) is 14.9 Å². The van der Waals surface area contributed by atoms with Crippen molar-refractivity contribution in [1.82, 2.24) is 9.88 Å². The molecule has 2 N–H and O–H groups in total. The average Bonchev–Trinajstić information content (AvgIpc) is 2.98. The maximum absolute atomic E-state index is 13.5. The van der Waals surface area contributed by atoms with Crippen molar-refractivity contribution in [2.24, 2.45) is 5.92 Å². The molecule has 222 valence electrons. The highest BCUT2D eigenvalue weighted by molar-refractivity contribution is 7.92. The number of rotatable bonds is 8. The minimum atomic E-state index is -4.10. The second-order valence-electron chi connectivity index (χ2n) is 11.0. The van der Waals surface area contributed by atoms with Gasteiger partial charge in [0.2, 0.25) is 0 Å². The number of aromatic nitrogens is 1. The van der Waals surface area contributed by atoms with Crippen molar-refractivity contribution in [3.63, 3.8) is 0 Å². The molecule has 2 bridgehead atoms. The number of carbonyl (C=O) groups is 1. The first-order valence-electron chi connectivity index (χ1n) is 14.1. The highest BCUT2D eigenvalue weighted by atomic mass is 35.5. The number of fused-ring (bicyclic) bond motifs is 4. The van der Waals surface area contributed by atoms with E-state index in [1.165, 1.54) is 18.2 Å². The average molecular weight is 621 g/mol. The van der Waals surface area contributed by atoms with Crippen molar-refractivity contribution < 1.29 is 17.6 Å². The number of hydrogen-bond acceptors (Lipinski definition) is 5. The van der Waals surface area contributed by atoms with Crippen LogP contribution >= 0.6 is 11.6 Å². The van der Waals surface area contributed by atoms with E-state index in [1.807, 2.05) is 28.8 Å². The van der Waals surface area contributed by atoms with Crippen molar-refractivity contribution in [2.45, 2.75) is 30.2 Å². The number of hydrogen-bond donors (Lipinski definition) is 2. The summed E-state index contributed by atoms with van der Waals surface area (Å²) in [4.78, 5) is 27.7. The van der Waals surface area contributed by atoms with Crippen LogP contribution < -0.4 is 20.5 Å². The Morgan fingerprint density at radius 1 is 0.953 bits per heavy atom. The van der Waals surface area contributed by atoms with Crippen molar-refractivity contribution >= 4 is 38.9 Å². The third-order valence-electron chi connectivity index (χ3n) is 8.09. The lowest BCUT2D eigenvalue weighted by Gasteiger charge is -2.44. The summed E-state index contributed by atoms with van der Waals surface area (Å²) in [5.74, 6) is -0.615. The molecule has 43 heavy (non-hydrogen) atoms. The molecule has 0 radical (unpaired) electrons. The number of pyridine rings is 1. The van der Waals surface area contributed by atoms with Gasteiger partial charge in [0.15, 0.2) is 0 Å². The van der Waals surface area contributed by atoms with Crippen molar-refractivity contribution in [3.05, 3.63) is 123 Å². The van der Waals surface area contributed by atoms with Crippen LogP contribution in [0.1, 0.15) is 34.0 Å². The van der Waals surface area contributed by atoms with E-state index >= 15 is 0 Å². The second kappa shape index (κ2) is 11.9. The summed E-state index contributed by atoms with van der Waals surface area (Å²) in [5.41, 5.74) is 3.02. The second-order valence-corrected chi connectivity index (χ2v) is 13.1. The Bertz CT molecular complexity index is 1850. The highest BCUT2D eigenvalue weighted by Crippen LogP contribution is 2.39. The van der Waals surface area contributed by atoms with Gasteiger partial charge in [-0.15, -0.1) is 0 Å². The smallest absolute Gasteiger partial charge is 0.261 e. The van der Waals surface area contributed by atoms with E-state index in [0.29, 0.717) is 43.3 Å². The minimum Gasteiger partial charge on any atom is -0.369 e. The van der Waals surface area contributed by atoms with Crippen LogP contribution in [-0.2, 0) is 23.0 Å². The highest BCUT2D eigenvalue weighted by Gasteiger charge is 2.35. The maximum atomic E-state index is 13.5. The molecule has 0 aliphatic carbocycles. The molecule has 0 unspecified atom stereocenters. The third-order valence-corrected chi connectivity index (χ3v) is 9.84. The zero-order valence-corrected chi connectivity index (χ0v) is 24.7. The van der Waals surface area contributed by atoms with Gasteiger partial charge < -0.3 is 14.8 Å². The first-order valence-corrected chi connectivity index (χ1v) is 15.9. The van der Waals surface area contributed by atoms with Crippen LogP contribution in [0.3, 0.4) is 0 Å². The van der Waals surface area contributed by atoms with Gasteiger partial charge in [0, 0.05) is 54.4 Å². The molecule has 1 amide bonds. The van der Waals surface area contributed by atoms with Gasteiger partial charge in [0.25, 0.3) is 21.5 Å². The van der Waals surface area contributed by atoms with E-state index < -0.39 is 15.8 Å². The zero-order valence-electron chi connectivity index (χ0n) is 23.2. The number of nitrogens with one attached hydrogen (secondary N) is 2. The van der Waals surface area contributed by atoms with Crippen LogP contribution in [0.25, 0.3) is 0 Å². The van der Waals surface area contributed by atoms with Crippen LogP contribution in [0, 0.1) is 11.7 Å². The van der Waals surface area contributed by atoms with E-state index in [0.717, 1.165) is 29.8 Å². The van der Waals surface area contributed by atoms with Gasteiger partial charge in [-0.05, 0) is 78.9 Å². The molecular weight excluding hydrogens is 591 g/mol. The number of piperidine rings is 1. The molecule has 11 heteroatoms. The number of benzene rings is 3.